The lowest BCUT2D eigenvalue weighted by molar-refractivity contribution is 0.251. The molecule has 0 aliphatic heterocycles. The number of hydrogen-bond donors (Lipinski definition) is 0. The van der Waals surface area contributed by atoms with E-state index in [1.54, 1.807) is 0 Å². The van der Waals surface area contributed by atoms with E-state index in [0.717, 1.165) is 17.5 Å². The molecule has 2 rings (SSSR count). The van der Waals surface area contributed by atoms with Crippen molar-refractivity contribution in [2.75, 3.05) is 6.61 Å². The summed E-state index contributed by atoms with van der Waals surface area (Å²) in [6, 6.07) is 5.96. The van der Waals surface area contributed by atoms with Gasteiger partial charge in [-0.2, -0.15) is 4.98 Å². The van der Waals surface area contributed by atoms with E-state index in [9.17, 15) is 0 Å². The summed E-state index contributed by atoms with van der Waals surface area (Å²) < 4.78 is 10.7. The molecule has 0 saturated heterocycles. The summed E-state index contributed by atoms with van der Waals surface area (Å²) in [5, 5.41) is 0. The SMILES string of the molecule is CCOc1nc2cccc(CC)c2o1. The number of aryl methyl sites for hydroxylation is 1. The molecule has 3 heteroatoms. The van der Waals surface area contributed by atoms with Crippen molar-refractivity contribution in [3.05, 3.63) is 23.8 Å². The third kappa shape index (κ3) is 1.45. The Labute approximate surface area is 82.7 Å². The number of aromatic nitrogens is 1. The van der Waals surface area contributed by atoms with Gasteiger partial charge in [0, 0.05) is 0 Å². The van der Waals surface area contributed by atoms with Crippen molar-refractivity contribution in [1.82, 2.24) is 4.98 Å². The molecule has 0 radical (unpaired) electrons. The molecule has 0 aliphatic carbocycles. The lowest BCUT2D eigenvalue weighted by Crippen LogP contribution is -1.89. The van der Waals surface area contributed by atoms with Gasteiger partial charge < -0.3 is 9.15 Å². The van der Waals surface area contributed by atoms with Crippen LogP contribution in [0.4, 0.5) is 0 Å². The monoisotopic (exact) mass is 191 g/mol. The Morgan fingerprint density at radius 1 is 1.36 bits per heavy atom. The highest BCUT2D eigenvalue weighted by atomic mass is 16.6. The van der Waals surface area contributed by atoms with E-state index in [0.29, 0.717) is 12.7 Å². The van der Waals surface area contributed by atoms with Gasteiger partial charge in [0.2, 0.25) is 0 Å². The predicted octanol–water partition coefficient (Wildman–Crippen LogP) is 2.79. The number of nitrogens with zero attached hydrogens (tertiary/aromatic N) is 1. The normalized spacial score (nSPS) is 10.7. The molecule has 2 aromatic rings. The van der Waals surface area contributed by atoms with Gasteiger partial charge in [0.05, 0.1) is 6.61 Å². The smallest absolute Gasteiger partial charge is 0.394 e. The molecule has 0 saturated carbocycles. The summed E-state index contributed by atoms with van der Waals surface area (Å²) >= 11 is 0. The molecule has 1 aromatic heterocycles. The topological polar surface area (TPSA) is 35.3 Å². The average Bonchev–Trinajstić information content (AvgIpc) is 2.60. The highest BCUT2D eigenvalue weighted by molar-refractivity contribution is 5.76. The molecule has 14 heavy (non-hydrogen) atoms. The molecular formula is C11H13NO2. The van der Waals surface area contributed by atoms with Crippen LogP contribution in [-0.4, -0.2) is 11.6 Å². The molecule has 0 atom stereocenters. The first-order valence-electron chi connectivity index (χ1n) is 4.86. The first-order valence-corrected chi connectivity index (χ1v) is 4.86. The van der Waals surface area contributed by atoms with Crippen molar-refractivity contribution in [2.24, 2.45) is 0 Å². The molecule has 1 aromatic carbocycles. The summed E-state index contributed by atoms with van der Waals surface area (Å²) in [6.07, 6.45) is 1.31. The molecule has 0 N–H and O–H groups in total. The largest absolute Gasteiger partial charge is 0.450 e. The molecule has 3 nitrogen and oxygen atoms in total. The van der Waals surface area contributed by atoms with Gasteiger partial charge in [-0.3, -0.25) is 0 Å². The highest BCUT2D eigenvalue weighted by Crippen LogP contribution is 2.24. The number of hydrogen-bond acceptors (Lipinski definition) is 3. The highest BCUT2D eigenvalue weighted by Gasteiger charge is 2.08. The second-order valence-electron chi connectivity index (χ2n) is 3.03. The van der Waals surface area contributed by atoms with Crippen LogP contribution >= 0.6 is 0 Å². The average molecular weight is 191 g/mol. The Morgan fingerprint density at radius 2 is 2.21 bits per heavy atom. The van der Waals surface area contributed by atoms with Gasteiger partial charge in [-0.05, 0) is 25.0 Å². The van der Waals surface area contributed by atoms with E-state index in [4.69, 9.17) is 9.15 Å². The van der Waals surface area contributed by atoms with Crippen LogP contribution in [0.3, 0.4) is 0 Å². The van der Waals surface area contributed by atoms with Crippen LogP contribution in [0.5, 0.6) is 6.08 Å². The van der Waals surface area contributed by atoms with Crippen LogP contribution in [0.15, 0.2) is 22.6 Å². The molecule has 1 heterocycles. The third-order valence-electron chi connectivity index (χ3n) is 2.13. The van der Waals surface area contributed by atoms with Crippen molar-refractivity contribution >= 4 is 11.1 Å². The van der Waals surface area contributed by atoms with Gasteiger partial charge in [0.1, 0.15) is 5.52 Å². The molecule has 0 bridgehead atoms. The Balaban J connectivity index is 2.52. The maximum absolute atomic E-state index is 5.50. The van der Waals surface area contributed by atoms with E-state index in [1.165, 1.54) is 5.56 Å². The summed E-state index contributed by atoms with van der Waals surface area (Å²) in [4.78, 5) is 4.22. The molecule has 74 valence electrons. The molecule has 0 spiro atoms. The standard InChI is InChI=1S/C11H13NO2/c1-3-8-6-5-7-9-10(8)14-11(12-9)13-4-2/h5-7H,3-4H2,1-2H3. The Kier molecular flexibility index (Phi) is 2.39. The zero-order valence-electron chi connectivity index (χ0n) is 8.41. The number of benzene rings is 1. The fourth-order valence-electron chi connectivity index (χ4n) is 1.45. The van der Waals surface area contributed by atoms with Gasteiger partial charge in [-0.15, -0.1) is 0 Å². The van der Waals surface area contributed by atoms with E-state index < -0.39 is 0 Å². The first-order chi connectivity index (χ1) is 6.85. The second kappa shape index (κ2) is 3.70. The number of rotatable bonds is 3. The van der Waals surface area contributed by atoms with E-state index in [-0.39, 0.29) is 0 Å². The van der Waals surface area contributed by atoms with Crippen LogP contribution in [0.1, 0.15) is 19.4 Å². The van der Waals surface area contributed by atoms with Crippen molar-refractivity contribution in [2.45, 2.75) is 20.3 Å². The summed E-state index contributed by atoms with van der Waals surface area (Å²) in [5.74, 6) is 0. The molecule has 0 unspecified atom stereocenters. The molecular weight excluding hydrogens is 178 g/mol. The van der Waals surface area contributed by atoms with Crippen LogP contribution in [0, 0.1) is 0 Å². The van der Waals surface area contributed by atoms with Crippen molar-refractivity contribution in [1.29, 1.82) is 0 Å². The number of oxazole rings is 1. The number of fused-ring (bicyclic) bond motifs is 1. The third-order valence-corrected chi connectivity index (χ3v) is 2.13. The lowest BCUT2D eigenvalue weighted by atomic mass is 10.1. The van der Waals surface area contributed by atoms with E-state index in [1.807, 2.05) is 25.1 Å². The van der Waals surface area contributed by atoms with Gasteiger partial charge in [0.15, 0.2) is 5.58 Å². The van der Waals surface area contributed by atoms with Gasteiger partial charge >= 0.3 is 6.08 Å². The quantitative estimate of drug-likeness (QED) is 0.748. The molecule has 0 fully saturated rings. The molecule has 0 amide bonds. The minimum Gasteiger partial charge on any atom is -0.450 e. The summed E-state index contributed by atoms with van der Waals surface area (Å²) in [7, 11) is 0. The van der Waals surface area contributed by atoms with E-state index >= 15 is 0 Å². The Bertz CT molecular complexity index is 434. The van der Waals surface area contributed by atoms with E-state index in [2.05, 4.69) is 11.9 Å². The maximum Gasteiger partial charge on any atom is 0.394 e. The van der Waals surface area contributed by atoms with Gasteiger partial charge in [-0.1, -0.05) is 19.1 Å². The Hall–Kier alpha value is -1.51. The first kappa shape index (κ1) is 9.06. The second-order valence-corrected chi connectivity index (χ2v) is 3.03. The minimum atomic E-state index is 0.364. The Morgan fingerprint density at radius 3 is 2.93 bits per heavy atom. The fraction of sp³-hybridized carbons (Fsp3) is 0.364. The van der Waals surface area contributed by atoms with Crippen LogP contribution < -0.4 is 4.74 Å². The van der Waals surface area contributed by atoms with Crippen molar-refractivity contribution in [3.63, 3.8) is 0 Å². The van der Waals surface area contributed by atoms with Crippen LogP contribution in [0.2, 0.25) is 0 Å². The van der Waals surface area contributed by atoms with Crippen molar-refractivity contribution in [3.8, 4) is 6.08 Å². The van der Waals surface area contributed by atoms with Crippen molar-refractivity contribution < 1.29 is 9.15 Å². The van der Waals surface area contributed by atoms with Crippen LogP contribution in [-0.2, 0) is 6.42 Å². The predicted molar refractivity (Wildman–Crippen MR) is 54.6 cm³/mol. The summed E-state index contributed by atoms with van der Waals surface area (Å²) in [5.41, 5.74) is 2.88. The number of para-hydroxylation sites is 1. The van der Waals surface area contributed by atoms with Crippen LogP contribution in [0.25, 0.3) is 11.1 Å². The minimum absolute atomic E-state index is 0.364. The lowest BCUT2D eigenvalue weighted by Gasteiger charge is -1.95. The zero-order chi connectivity index (χ0) is 9.97. The summed E-state index contributed by atoms with van der Waals surface area (Å²) in [6.45, 7) is 4.58. The fourth-order valence-corrected chi connectivity index (χ4v) is 1.45. The maximum atomic E-state index is 5.50. The zero-order valence-corrected chi connectivity index (χ0v) is 8.41. The van der Waals surface area contributed by atoms with Gasteiger partial charge in [-0.25, -0.2) is 0 Å². The number of ether oxygens (including phenoxy) is 1. The van der Waals surface area contributed by atoms with Gasteiger partial charge in [0.25, 0.3) is 0 Å². The molecule has 0 aliphatic rings.